The normalized spacial score (nSPS) is 12.1. The molecule has 0 spiro atoms. The summed E-state index contributed by atoms with van der Waals surface area (Å²) >= 11 is 1.38. The minimum absolute atomic E-state index is 0.196. The fraction of sp³-hybridized carbons (Fsp3) is 0.0476. The van der Waals surface area contributed by atoms with Crippen LogP contribution in [0.3, 0.4) is 0 Å². The molecule has 0 fully saturated rings. The van der Waals surface area contributed by atoms with Gasteiger partial charge in [0.2, 0.25) is 6.79 Å². The van der Waals surface area contributed by atoms with Crippen molar-refractivity contribution >= 4 is 39.0 Å². The monoisotopic (exact) mass is 389 g/mol. The zero-order valence-corrected chi connectivity index (χ0v) is 15.5. The Labute approximate surface area is 164 Å². The zero-order chi connectivity index (χ0) is 18.9. The van der Waals surface area contributed by atoms with E-state index < -0.39 is 0 Å². The highest BCUT2D eigenvalue weighted by Gasteiger charge is 2.14. The molecule has 0 saturated carbocycles. The van der Waals surface area contributed by atoms with E-state index in [0.29, 0.717) is 22.3 Å². The summed E-state index contributed by atoms with van der Waals surface area (Å²) in [4.78, 5) is 16.8. The second kappa shape index (κ2) is 6.86. The lowest BCUT2D eigenvalue weighted by molar-refractivity contribution is 0.174. The van der Waals surface area contributed by atoms with Gasteiger partial charge in [0, 0.05) is 22.7 Å². The van der Waals surface area contributed by atoms with Gasteiger partial charge in [-0.05, 0) is 29.0 Å². The topological polar surface area (TPSA) is 72.5 Å². The highest BCUT2D eigenvalue weighted by Crippen LogP contribution is 2.34. The first-order chi connectivity index (χ1) is 13.7. The molecule has 0 radical (unpaired) electrons. The second-order valence-electron chi connectivity index (χ2n) is 6.25. The van der Waals surface area contributed by atoms with Crippen LogP contribution in [-0.4, -0.2) is 17.8 Å². The molecule has 2 N–H and O–H groups in total. The summed E-state index contributed by atoms with van der Waals surface area (Å²) in [5.41, 5.74) is 2.46. The predicted octanol–water partition coefficient (Wildman–Crippen LogP) is 5.34. The van der Waals surface area contributed by atoms with Crippen LogP contribution >= 0.6 is 11.3 Å². The molecular weight excluding hydrogens is 374 g/mol. The number of benzene rings is 3. The Morgan fingerprint density at radius 1 is 0.929 bits per heavy atom. The number of hydrogen-bond donors (Lipinski definition) is 2. The molecule has 4 aromatic rings. The van der Waals surface area contributed by atoms with Crippen LogP contribution in [0.1, 0.15) is 0 Å². The Morgan fingerprint density at radius 3 is 2.71 bits per heavy atom. The maximum absolute atomic E-state index is 12.3. The lowest BCUT2D eigenvalue weighted by atomic mass is 10.1. The number of thiazole rings is 1. The van der Waals surface area contributed by atoms with Crippen LogP contribution in [-0.2, 0) is 0 Å². The van der Waals surface area contributed by atoms with Crippen LogP contribution in [0, 0.1) is 0 Å². The van der Waals surface area contributed by atoms with Crippen molar-refractivity contribution in [3.63, 3.8) is 0 Å². The molecule has 1 aromatic heterocycles. The molecule has 1 aliphatic rings. The number of aromatic nitrogens is 1. The highest BCUT2D eigenvalue weighted by molar-refractivity contribution is 7.14. The molecule has 7 heteroatoms. The number of fused-ring (bicyclic) bond motifs is 2. The first-order valence-corrected chi connectivity index (χ1v) is 9.55. The average Bonchev–Trinajstić information content (AvgIpc) is 3.36. The molecule has 2 heterocycles. The fourth-order valence-electron chi connectivity index (χ4n) is 3.05. The molecule has 0 atom stereocenters. The van der Waals surface area contributed by atoms with Gasteiger partial charge in [0.05, 0.1) is 5.69 Å². The van der Waals surface area contributed by atoms with Gasteiger partial charge in [0.25, 0.3) is 0 Å². The molecule has 138 valence electrons. The molecule has 0 bridgehead atoms. The van der Waals surface area contributed by atoms with Crippen LogP contribution in [0.2, 0.25) is 0 Å². The molecule has 0 aliphatic carbocycles. The molecule has 28 heavy (non-hydrogen) atoms. The highest BCUT2D eigenvalue weighted by atomic mass is 32.1. The molecular formula is C21H15N3O3S. The van der Waals surface area contributed by atoms with Crippen molar-refractivity contribution in [1.82, 2.24) is 4.98 Å². The van der Waals surface area contributed by atoms with Crippen LogP contribution in [0.4, 0.5) is 15.6 Å². The molecule has 0 saturated heterocycles. The first kappa shape index (κ1) is 16.6. The minimum Gasteiger partial charge on any atom is -0.454 e. The number of hydrogen-bond acceptors (Lipinski definition) is 5. The van der Waals surface area contributed by atoms with E-state index >= 15 is 0 Å². The summed E-state index contributed by atoms with van der Waals surface area (Å²) in [6.45, 7) is 0.196. The number of urea groups is 1. The molecule has 5 rings (SSSR count). The summed E-state index contributed by atoms with van der Waals surface area (Å²) in [5.74, 6) is 1.29. The number of carbonyl (C=O) groups is 1. The third-order valence-electron chi connectivity index (χ3n) is 4.40. The molecule has 2 amide bonds. The fourth-order valence-corrected chi connectivity index (χ4v) is 3.76. The Morgan fingerprint density at radius 2 is 1.79 bits per heavy atom. The molecule has 0 unspecified atom stereocenters. The van der Waals surface area contributed by atoms with Gasteiger partial charge in [-0.1, -0.05) is 36.4 Å². The molecule has 1 aliphatic heterocycles. The second-order valence-corrected chi connectivity index (χ2v) is 7.11. The number of nitrogens with zero attached hydrogens (tertiary/aromatic N) is 1. The number of amides is 2. The van der Waals surface area contributed by atoms with Gasteiger partial charge < -0.3 is 14.8 Å². The smallest absolute Gasteiger partial charge is 0.325 e. The van der Waals surface area contributed by atoms with E-state index in [2.05, 4.69) is 39.9 Å². The summed E-state index contributed by atoms with van der Waals surface area (Å²) in [7, 11) is 0. The largest absolute Gasteiger partial charge is 0.454 e. The standard InChI is InChI=1S/C21H15N3O3S/c25-20(22-16-7-8-18-19(10-16)27-12-26-18)24-21-23-17(11-28-21)15-6-5-13-3-1-2-4-14(13)9-15/h1-11H,12H2,(H2,22,23,24,25). The van der Waals surface area contributed by atoms with Crippen LogP contribution < -0.4 is 20.1 Å². The van der Waals surface area contributed by atoms with Crippen molar-refractivity contribution in [2.45, 2.75) is 0 Å². The summed E-state index contributed by atoms with van der Waals surface area (Å²) in [5, 5.41) is 10.3. The van der Waals surface area contributed by atoms with Gasteiger partial charge in [0.1, 0.15) is 0 Å². The van der Waals surface area contributed by atoms with Gasteiger partial charge in [-0.25, -0.2) is 9.78 Å². The maximum atomic E-state index is 12.3. The van der Waals surface area contributed by atoms with Crippen molar-refractivity contribution in [2.24, 2.45) is 0 Å². The van der Waals surface area contributed by atoms with Gasteiger partial charge in [0.15, 0.2) is 16.6 Å². The van der Waals surface area contributed by atoms with E-state index in [1.807, 2.05) is 23.6 Å². The number of anilines is 2. The number of rotatable bonds is 3. The predicted molar refractivity (Wildman–Crippen MR) is 110 cm³/mol. The molecule has 6 nitrogen and oxygen atoms in total. The SMILES string of the molecule is O=C(Nc1ccc2c(c1)OCO2)Nc1nc(-c2ccc3ccccc3c2)cs1. The van der Waals surface area contributed by atoms with Crippen LogP contribution in [0.5, 0.6) is 11.5 Å². The van der Waals surface area contributed by atoms with Crippen molar-refractivity contribution < 1.29 is 14.3 Å². The van der Waals surface area contributed by atoms with Crippen molar-refractivity contribution in [1.29, 1.82) is 0 Å². The number of ether oxygens (including phenoxy) is 2. The summed E-state index contributed by atoms with van der Waals surface area (Å²) < 4.78 is 10.6. The summed E-state index contributed by atoms with van der Waals surface area (Å²) in [6, 6.07) is 19.3. The van der Waals surface area contributed by atoms with E-state index in [9.17, 15) is 4.79 Å². The van der Waals surface area contributed by atoms with E-state index in [1.165, 1.54) is 16.7 Å². The van der Waals surface area contributed by atoms with Gasteiger partial charge in [-0.2, -0.15) is 0 Å². The average molecular weight is 389 g/mol. The van der Waals surface area contributed by atoms with Crippen LogP contribution in [0.15, 0.2) is 66.0 Å². The van der Waals surface area contributed by atoms with Crippen LogP contribution in [0.25, 0.3) is 22.0 Å². The Hall–Kier alpha value is -3.58. The quantitative estimate of drug-likeness (QED) is 0.496. The lowest BCUT2D eigenvalue weighted by Gasteiger charge is -2.06. The third-order valence-corrected chi connectivity index (χ3v) is 5.16. The third kappa shape index (κ3) is 3.23. The van der Waals surface area contributed by atoms with Gasteiger partial charge in [-0.3, -0.25) is 5.32 Å². The van der Waals surface area contributed by atoms with Gasteiger partial charge in [-0.15, -0.1) is 11.3 Å². The maximum Gasteiger partial charge on any atom is 0.325 e. The minimum atomic E-state index is -0.363. The van der Waals surface area contributed by atoms with Crippen molar-refractivity contribution in [2.75, 3.05) is 17.4 Å². The van der Waals surface area contributed by atoms with Gasteiger partial charge >= 0.3 is 6.03 Å². The Bertz CT molecular complexity index is 1190. The Kier molecular flexibility index (Phi) is 4.06. The van der Waals surface area contributed by atoms with E-state index in [4.69, 9.17) is 9.47 Å². The lowest BCUT2D eigenvalue weighted by Crippen LogP contribution is -2.19. The van der Waals surface area contributed by atoms with E-state index in [0.717, 1.165) is 16.6 Å². The Balaban J connectivity index is 1.29. The molecule has 3 aromatic carbocycles. The van der Waals surface area contributed by atoms with E-state index in [-0.39, 0.29) is 12.8 Å². The van der Waals surface area contributed by atoms with E-state index in [1.54, 1.807) is 18.2 Å². The number of carbonyl (C=O) groups excluding carboxylic acids is 1. The zero-order valence-electron chi connectivity index (χ0n) is 14.6. The summed E-state index contributed by atoms with van der Waals surface area (Å²) in [6.07, 6.45) is 0. The number of nitrogens with one attached hydrogen (secondary N) is 2. The van der Waals surface area contributed by atoms with Crippen molar-refractivity contribution in [3.8, 4) is 22.8 Å². The van der Waals surface area contributed by atoms with Crippen molar-refractivity contribution in [3.05, 3.63) is 66.0 Å². The first-order valence-electron chi connectivity index (χ1n) is 8.67.